The zero-order valence-electron chi connectivity index (χ0n) is 6.00. The topological polar surface area (TPSA) is 52.5 Å². The molecule has 0 unspecified atom stereocenters. The number of aromatic nitrogens is 2. The van der Waals surface area contributed by atoms with E-state index >= 15 is 0 Å². The van der Waals surface area contributed by atoms with E-state index in [1.54, 1.807) is 12.4 Å². The summed E-state index contributed by atoms with van der Waals surface area (Å²) >= 11 is 2.17. The van der Waals surface area contributed by atoms with Crippen molar-refractivity contribution in [1.29, 1.82) is 5.26 Å². The quantitative estimate of drug-likeness (QED) is 0.744. The third-order valence-electron chi connectivity index (χ3n) is 1.62. The van der Waals surface area contributed by atoms with Gasteiger partial charge < -0.3 is 4.98 Å². The Balaban J connectivity index is 2.89. The highest BCUT2D eigenvalue weighted by Crippen LogP contribution is 2.18. The van der Waals surface area contributed by atoms with Crippen LogP contribution in [0.1, 0.15) is 5.56 Å². The van der Waals surface area contributed by atoms with Gasteiger partial charge in [-0.3, -0.25) is 4.98 Å². The number of fused-ring (bicyclic) bond motifs is 1. The lowest BCUT2D eigenvalue weighted by Gasteiger charge is -1.89. The standard InChI is InChI=1S/C8H4IN3/c9-7-1-5-3-11-4-6(2-10)8(5)12-7/h1,3-4,12H. The minimum absolute atomic E-state index is 0.593. The Morgan fingerprint density at radius 1 is 1.50 bits per heavy atom. The molecular formula is C8H4IN3. The highest BCUT2D eigenvalue weighted by Gasteiger charge is 2.02. The maximum Gasteiger partial charge on any atom is 0.103 e. The Labute approximate surface area is 82.6 Å². The Morgan fingerprint density at radius 3 is 3.08 bits per heavy atom. The van der Waals surface area contributed by atoms with E-state index in [0.29, 0.717) is 5.56 Å². The van der Waals surface area contributed by atoms with Crippen LogP contribution in [-0.2, 0) is 0 Å². The predicted molar refractivity (Wildman–Crippen MR) is 53.5 cm³/mol. The zero-order valence-corrected chi connectivity index (χ0v) is 8.16. The summed E-state index contributed by atoms with van der Waals surface area (Å²) in [7, 11) is 0. The monoisotopic (exact) mass is 269 g/mol. The fourth-order valence-electron chi connectivity index (χ4n) is 1.10. The van der Waals surface area contributed by atoms with Gasteiger partial charge in [-0.2, -0.15) is 5.26 Å². The van der Waals surface area contributed by atoms with Crippen LogP contribution < -0.4 is 0 Å². The lowest BCUT2D eigenvalue weighted by molar-refractivity contribution is 1.32. The highest BCUT2D eigenvalue weighted by atomic mass is 127. The summed E-state index contributed by atoms with van der Waals surface area (Å²) in [6.07, 6.45) is 3.31. The predicted octanol–water partition coefficient (Wildman–Crippen LogP) is 2.04. The molecule has 1 N–H and O–H groups in total. The molecular weight excluding hydrogens is 265 g/mol. The van der Waals surface area contributed by atoms with E-state index in [0.717, 1.165) is 14.6 Å². The highest BCUT2D eigenvalue weighted by molar-refractivity contribution is 14.1. The van der Waals surface area contributed by atoms with Crippen molar-refractivity contribution in [2.75, 3.05) is 0 Å². The fraction of sp³-hybridized carbons (Fsp3) is 0. The number of halogens is 1. The van der Waals surface area contributed by atoms with E-state index in [1.807, 2.05) is 6.07 Å². The number of H-pyrrole nitrogens is 1. The first-order valence-corrected chi connectivity index (χ1v) is 4.41. The molecule has 0 atom stereocenters. The van der Waals surface area contributed by atoms with Crippen LogP contribution in [0.25, 0.3) is 10.9 Å². The van der Waals surface area contributed by atoms with E-state index in [9.17, 15) is 0 Å². The summed E-state index contributed by atoms with van der Waals surface area (Å²) in [5, 5.41) is 9.72. The number of hydrogen-bond acceptors (Lipinski definition) is 2. The first-order chi connectivity index (χ1) is 5.81. The van der Waals surface area contributed by atoms with Gasteiger partial charge in [0.15, 0.2) is 0 Å². The van der Waals surface area contributed by atoms with Crippen LogP contribution >= 0.6 is 22.6 Å². The molecule has 2 rings (SSSR count). The number of rotatable bonds is 0. The Bertz CT molecular complexity index is 467. The molecule has 0 saturated heterocycles. The second-order valence-electron chi connectivity index (χ2n) is 2.38. The largest absolute Gasteiger partial charge is 0.349 e. The van der Waals surface area contributed by atoms with E-state index in [4.69, 9.17) is 5.26 Å². The van der Waals surface area contributed by atoms with Crippen LogP contribution in [0.15, 0.2) is 18.5 Å². The van der Waals surface area contributed by atoms with Crippen molar-refractivity contribution in [2.24, 2.45) is 0 Å². The molecule has 0 aliphatic carbocycles. The summed E-state index contributed by atoms with van der Waals surface area (Å²) < 4.78 is 1.02. The normalized spacial score (nSPS) is 10.0. The lowest BCUT2D eigenvalue weighted by Crippen LogP contribution is -1.79. The molecule has 0 amide bonds. The van der Waals surface area contributed by atoms with Gasteiger partial charge in [0.1, 0.15) is 6.07 Å². The van der Waals surface area contributed by atoms with Crippen LogP contribution in [0.3, 0.4) is 0 Å². The van der Waals surface area contributed by atoms with Crippen molar-refractivity contribution in [3.63, 3.8) is 0 Å². The third-order valence-corrected chi connectivity index (χ3v) is 2.20. The van der Waals surface area contributed by atoms with Gasteiger partial charge in [0.25, 0.3) is 0 Å². The van der Waals surface area contributed by atoms with Crippen LogP contribution in [0, 0.1) is 15.0 Å². The van der Waals surface area contributed by atoms with Crippen molar-refractivity contribution in [3.05, 3.63) is 27.7 Å². The maximum absolute atomic E-state index is 8.73. The van der Waals surface area contributed by atoms with Gasteiger partial charge in [-0.1, -0.05) is 0 Å². The van der Waals surface area contributed by atoms with E-state index in [1.165, 1.54) is 0 Å². The molecule has 0 aliphatic heterocycles. The molecule has 2 aromatic rings. The summed E-state index contributed by atoms with van der Waals surface area (Å²) in [6.45, 7) is 0. The number of aromatic amines is 1. The number of pyridine rings is 1. The Morgan fingerprint density at radius 2 is 2.33 bits per heavy atom. The number of hydrogen-bond donors (Lipinski definition) is 1. The molecule has 0 bridgehead atoms. The molecule has 12 heavy (non-hydrogen) atoms. The van der Waals surface area contributed by atoms with E-state index < -0.39 is 0 Å². The number of nitrogens with zero attached hydrogens (tertiary/aromatic N) is 2. The van der Waals surface area contributed by atoms with Gasteiger partial charge in [0.05, 0.1) is 14.8 Å². The SMILES string of the molecule is N#Cc1cncc2cc(I)[nH]c12. The molecule has 3 nitrogen and oxygen atoms in total. The molecule has 0 radical (unpaired) electrons. The molecule has 0 spiro atoms. The van der Waals surface area contributed by atoms with Crippen molar-refractivity contribution in [3.8, 4) is 6.07 Å². The van der Waals surface area contributed by atoms with Gasteiger partial charge in [-0.05, 0) is 28.7 Å². The maximum atomic E-state index is 8.73. The van der Waals surface area contributed by atoms with Gasteiger partial charge in [-0.25, -0.2) is 0 Å². The Hall–Kier alpha value is -1.09. The molecule has 2 aromatic heterocycles. The Kier molecular flexibility index (Phi) is 1.73. The van der Waals surface area contributed by atoms with Gasteiger partial charge >= 0.3 is 0 Å². The summed E-state index contributed by atoms with van der Waals surface area (Å²) in [5.41, 5.74) is 1.47. The minimum Gasteiger partial charge on any atom is -0.349 e. The molecule has 4 heteroatoms. The first-order valence-electron chi connectivity index (χ1n) is 3.33. The second-order valence-corrected chi connectivity index (χ2v) is 3.54. The molecule has 0 saturated carbocycles. The van der Waals surface area contributed by atoms with Crippen molar-refractivity contribution in [2.45, 2.75) is 0 Å². The molecule has 0 aliphatic rings. The summed E-state index contributed by atoms with van der Waals surface area (Å²) in [6, 6.07) is 4.05. The number of nitrogens with one attached hydrogen (secondary N) is 1. The zero-order chi connectivity index (χ0) is 8.55. The van der Waals surface area contributed by atoms with E-state index in [-0.39, 0.29) is 0 Å². The summed E-state index contributed by atoms with van der Waals surface area (Å²) in [4.78, 5) is 7.05. The average molecular weight is 269 g/mol. The van der Waals surface area contributed by atoms with Gasteiger partial charge in [0, 0.05) is 17.8 Å². The van der Waals surface area contributed by atoms with Gasteiger partial charge in [0.2, 0.25) is 0 Å². The summed E-state index contributed by atoms with van der Waals surface area (Å²) in [5.74, 6) is 0. The van der Waals surface area contributed by atoms with E-state index in [2.05, 4.69) is 38.6 Å². The molecule has 2 heterocycles. The average Bonchev–Trinajstić information content (AvgIpc) is 2.44. The molecule has 0 fully saturated rings. The smallest absolute Gasteiger partial charge is 0.103 e. The van der Waals surface area contributed by atoms with Gasteiger partial charge in [-0.15, -0.1) is 0 Å². The lowest BCUT2D eigenvalue weighted by atomic mass is 10.2. The van der Waals surface area contributed by atoms with Crippen molar-refractivity contribution in [1.82, 2.24) is 9.97 Å². The fourth-order valence-corrected chi connectivity index (χ4v) is 1.71. The molecule has 0 aromatic carbocycles. The second kappa shape index (κ2) is 2.75. The first kappa shape index (κ1) is 7.55. The molecule has 58 valence electrons. The van der Waals surface area contributed by atoms with Crippen LogP contribution in [-0.4, -0.2) is 9.97 Å². The van der Waals surface area contributed by atoms with Crippen molar-refractivity contribution < 1.29 is 0 Å². The van der Waals surface area contributed by atoms with Crippen molar-refractivity contribution >= 4 is 33.5 Å². The van der Waals surface area contributed by atoms with Crippen LogP contribution in [0.2, 0.25) is 0 Å². The van der Waals surface area contributed by atoms with Crippen LogP contribution in [0.5, 0.6) is 0 Å². The van der Waals surface area contributed by atoms with Crippen LogP contribution in [0.4, 0.5) is 0 Å². The minimum atomic E-state index is 0.593. The third kappa shape index (κ3) is 1.06. The number of nitriles is 1.